The van der Waals surface area contributed by atoms with Crippen molar-refractivity contribution in [1.29, 1.82) is 0 Å². The molecule has 1 amide bonds. The van der Waals surface area contributed by atoms with Crippen LogP contribution in [0.5, 0.6) is 0 Å². The highest BCUT2D eigenvalue weighted by molar-refractivity contribution is 7.92. The minimum absolute atomic E-state index is 0.0707. The largest absolute Gasteiger partial charge is 0.455 e. The number of anilines is 1. The summed E-state index contributed by atoms with van der Waals surface area (Å²) in [7, 11) is -3.85. The molecule has 0 radical (unpaired) electrons. The van der Waals surface area contributed by atoms with Crippen LogP contribution >= 0.6 is 23.2 Å². The Bertz CT molecular complexity index is 1030. The number of rotatable bonds is 8. The van der Waals surface area contributed by atoms with E-state index in [2.05, 4.69) is 15.0 Å². The van der Waals surface area contributed by atoms with Crippen LogP contribution in [0, 0.1) is 6.92 Å². The van der Waals surface area contributed by atoms with Crippen molar-refractivity contribution in [2.45, 2.75) is 6.92 Å². The second-order valence-electron chi connectivity index (χ2n) is 5.68. The fraction of sp³-hybridized carbons (Fsp3) is 0.167. The Labute approximate surface area is 177 Å². The lowest BCUT2D eigenvalue weighted by Gasteiger charge is -2.09. The molecule has 0 spiro atoms. The van der Waals surface area contributed by atoms with E-state index >= 15 is 0 Å². The van der Waals surface area contributed by atoms with Gasteiger partial charge in [0.1, 0.15) is 6.54 Å². The predicted molar refractivity (Wildman–Crippen MR) is 111 cm³/mol. The van der Waals surface area contributed by atoms with E-state index < -0.39 is 35.1 Å². The molecule has 0 bridgehead atoms. The van der Waals surface area contributed by atoms with Crippen molar-refractivity contribution in [1.82, 2.24) is 9.71 Å². The Morgan fingerprint density at radius 1 is 1.21 bits per heavy atom. The van der Waals surface area contributed by atoms with Gasteiger partial charge in [-0.3, -0.25) is 9.59 Å². The van der Waals surface area contributed by atoms with Gasteiger partial charge in [0.25, 0.3) is 5.91 Å². The maximum Gasteiger partial charge on any atom is 0.321 e. The van der Waals surface area contributed by atoms with E-state index in [1.807, 2.05) is 0 Å². The second-order valence-corrected chi connectivity index (χ2v) is 8.12. The van der Waals surface area contributed by atoms with Crippen molar-refractivity contribution in [2.75, 3.05) is 18.5 Å². The first-order chi connectivity index (χ1) is 13.7. The molecule has 0 aliphatic heterocycles. The Morgan fingerprint density at radius 2 is 1.90 bits per heavy atom. The van der Waals surface area contributed by atoms with Crippen molar-refractivity contribution in [3.05, 3.63) is 63.1 Å². The van der Waals surface area contributed by atoms with Gasteiger partial charge in [-0.2, -0.15) is 0 Å². The molecule has 29 heavy (non-hydrogen) atoms. The number of amides is 1. The summed E-state index contributed by atoms with van der Waals surface area (Å²) in [5.41, 5.74) is 1.22. The van der Waals surface area contributed by atoms with Gasteiger partial charge in [0.2, 0.25) is 10.0 Å². The number of pyridine rings is 1. The van der Waals surface area contributed by atoms with Crippen LogP contribution in [0.2, 0.25) is 10.0 Å². The molecule has 0 aliphatic carbocycles. The number of carbonyl (C=O) groups is 2. The van der Waals surface area contributed by atoms with E-state index in [4.69, 9.17) is 27.9 Å². The number of nitrogens with one attached hydrogen (secondary N) is 2. The van der Waals surface area contributed by atoms with Crippen LogP contribution in [-0.2, 0) is 24.3 Å². The number of nitrogens with zero attached hydrogens (tertiary/aromatic N) is 1. The summed E-state index contributed by atoms with van der Waals surface area (Å²) in [4.78, 5) is 27.4. The first-order valence-electron chi connectivity index (χ1n) is 8.17. The van der Waals surface area contributed by atoms with Gasteiger partial charge < -0.3 is 10.1 Å². The first kappa shape index (κ1) is 22.8. The molecule has 0 saturated carbocycles. The normalized spacial score (nSPS) is 11.4. The van der Waals surface area contributed by atoms with Crippen LogP contribution in [0.15, 0.2) is 41.9 Å². The number of ether oxygens (including phenoxy) is 1. The second kappa shape index (κ2) is 10.4. The Morgan fingerprint density at radius 3 is 2.59 bits per heavy atom. The number of benzene rings is 1. The maximum atomic E-state index is 11.9. The summed E-state index contributed by atoms with van der Waals surface area (Å²) in [5, 5.41) is 3.81. The number of carbonyl (C=O) groups excluding carboxylic acids is 2. The van der Waals surface area contributed by atoms with Crippen molar-refractivity contribution in [3.8, 4) is 0 Å². The van der Waals surface area contributed by atoms with Crippen LogP contribution in [0.1, 0.15) is 11.1 Å². The number of aromatic nitrogens is 1. The zero-order chi connectivity index (χ0) is 21.4. The summed E-state index contributed by atoms with van der Waals surface area (Å²) in [6, 6.07) is 8.77. The third-order valence-corrected chi connectivity index (χ3v) is 5.37. The smallest absolute Gasteiger partial charge is 0.321 e. The molecule has 154 valence electrons. The van der Waals surface area contributed by atoms with Crippen LogP contribution in [-0.4, -0.2) is 38.4 Å². The van der Waals surface area contributed by atoms with E-state index in [0.717, 1.165) is 5.41 Å². The molecule has 0 atom stereocenters. The SMILES string of the molecule is Cc1c(Cl)cnc(NC(=O)COC(=O)CNS(=O)(=O)/C=C/c2ccccc2)c1Cl. The average molecular weight is 458 g/mol. The molecule has 0 saturated heterocycles. The van der Waals surface area contributed by atoms with Crippen LogP contribution in [0.25, 0.3) is 6.08 Å². The number of hydrogen-bond donors (Lipinski definition) is 2. The van der Waals surface area contributed by atoms with E-state index in [9.17, 15) is 18.0 Å². The maximum absolute atomic E-state index is 11.9. The third kappa shape index (κ3) is 7.47. The minimum atomic E-state index is -3.85. The number of esters is 1. The predicted octanol–water partition coefficient (Wildman–Crippen LogP) is 2.77. The number of sulfonamides is 1. The fourth-order valence-electron chi connectivity index (χ4n) is 1.95. The number of halogens is 2. The van der Waals surface area contributed by atoms with Crippen molar-refractivity contribution >= 4 is 57.0 Å². The van der Waals surface area contributed by atoms with E-state index in [1.54, 1.807) is 37.3 Å². The molecule has 0 unspecified atom stereocenters. The van der Waals surface area contributed by atoms with Gasteiger partial charge in [-0.15, -0.1) is 0 Å². The molecule has 1 aromatic carbocycles. The summed E-state index contributed by atoms with van der Waals surface area (Å²) >= 11 is 11.9. The standard InChI is InChI=1S/C18H17Cl2N3O5S/c1-12-14(19)9-21-18(17(12)20)23-15(24)11-28-16(25)10-22-29(26,27)8-7-13-5-3-2-4-6-13/h2-9,22H,10-11H2,1H3,(H,21,23,24)/b8-7+. The van der Waals surface area contributed by atoms with E-state index in [1.165, 1.54) is 12.3 Å². The van der Waals surface area contributed by atoms with E-state index in [0.29, 0.717) is 16.1 Å². The van der Waals surface area contributed by atoms with Crippen LogP contribution in [0.3, 0.4) is 0 Å². The highest BCUT2D eigenvalue weighted by atomic mass is 35.5. The molecule has 0 aliphatic rings. The fourth-order valence-corrected chi connectivity index (χ4v) is 3.09. The molecular formula is C18H17Cl2N3O5S. The quantitative estimate of drug-likeness (QED) is 0.588. The summed E-state index contributed by atoms with van der Waals surface area (Å²) < 4.78 is 30.5. The lowest BCUT2D eigenvalue weighted by molar-refractivity contribution is -0.146. The molecule has 11 heteroatoms. The van der Waals surface area contributed by atoms with Crippen LogP contribution in [0.4, 0.5) is 5.82 Å². The molecule has 0 fully saturated rings. The zero-order valence-corrected chi connectivity index (χ0v) is 17.5. The van der Waals surface area contributed by atoms with Gasteiger partial charge in [-0.25, -0.2) is 18.1 Å². The van der Waals surface area contributed by atoms with Gasteiger partial charge >= 0.3 is 5.97 Å². The Kier molecular flexibility index (Phi) is 8.15. The third-order valence-electron chi connectivity index (χ3n) is 3.48. The van der Waals surface area contributed by atoms with Gasteiger partial charge in [0.15, 0.2) is 12.4 Å². The van der Waals surface area contributed by atoms with E-state index in [-0.39, 0.29) is 10.8 Å². The molecule has 2 aromatic rings. The molecular weight excluding hydrogens is 441 g/mol. The van der Waals surface area contributed by atoms with Crippen molar-refractivity contribution in [3.63, 3.8) is 0 Å². The topological polar surface area (TPSA) is 114 Å². The van der Waals surface area contributed by atoms with Crippen LogP contribution < -0.4 is 10.0 Å². The molecule has 1 aromatic heterocycles. The molecule has 8 nitrogen and oxygen atoms in total. The summed E-state index contributed by atoms with van der Waals surface area (Å²) in [6.07, 6.45) is 2.70. The lowest BCUT2D eigenvalue weighted by Crippen LogP contribution is -2.31. The van der Waals surface area contributed by atoms with Gasteiger partial charge in [-0.05, 0) is 24.1 Å². The Hall–Kier alpha value is -2.46. The van der Waals surface area contributed by atoms with Crippen molar-refractivity contribution in [2.24, 2.45) is 0 Å². The van der Waals surface area contributed by atoms with Gasteiger partial charge in [0, 0.05) is 11.6 Å². The molecule has 2 rings (SSSR count). The first-order valence-corrected chi connectivity index (χ1v) is 10.5. The lowest BCUT2D eigenvalue weighted by atomic mass is 10.2. The minimum Gasteiger partial charge on any atom is -0.455 e. The monoisotopic (exact) mass is 457 g/mol. The summed E-state index contributed by atoms with van der Waals surface area (Å²) in [6.45, 7) is 0.383. The Balaban J connectivity index is 1.80. The highest BCUT2D eigenvalue weighted by Crippen LogP contribution is 2.28. The molecule has 1 heterocycles. The highest BCUT2D eigenvalue weighted by Gasteiger charge is 2.14. The van der Waals surface area contributed by atoms with Gasteiger partial charge in [0.05, 0.1) is 10.0 Å². The van der Waals surface area contributed by atoms with Crippen molar-refractivity contribution < 1.29 is 22.7 Å². The average Bonchev–Trinajstić information content (AvgIpc) is 2.70. The molecule has 2 N–H and O–H groups in total. The number of hydrogen-bond acceptors (Lipinski definition) is 6. The van der Waals surface area contributed by atoms with Gasteiger partial charge in [-0.1, -0.05) is 53.5 Å². The zero-order valence-electron chi connectivity index (χ0n) is 15.2. The summed E-state index contributed by atoms with van der Waals surface area (Å²) in [5.74, 6) is -1.55.